The van der Waals surface area contributed by atoms with Gasteiger partial charge in [0.25, 0.3) is 0 Å². The number of hydrogen-bond donors (Lipinski definition) is 0. The van der Waals surface area contributed by atoms with Crippen molar-refractivity contribution in [2.45, 2.75) is 82.3 Å². The predicted molar refractivity (Wildman–Crippen MR) is 135 cm³/mol. The Morgan fingerprint density at radius 2 is 1.82 bits per heavy atom. The molecule has 39 heavy (non-hydrogen) atoms. The number of rotatable bonds is 4. The van der Waals surface area contributed by atoms with E-state index in [1.807, 2.05) is 0 Å². The van der Waals surface area contributed by atoms with Crippen molar-refractivity contribution in [3.8, 4) is 6.01 Å². The fourth-order valence-electron chi connectivity index (χ4n) is 6.80. The molecule has 8 nitrogen and oxygen atoms in total. The van der Waals surface area contributed by atoms with Crippen LogP contribution in [0.4, 0.5) is 28.2 Å². The van der Waals surface area contributed by atoms with Crippen LogP contribution in [0.25, 0.3) is 10.9 Å². The lowest BCUT2D eigenvalue weighted by Crippen LogP contribution is -2.57. The van der Waals surface area contributed by atoms with Crippen molar-refractivity contribution < 1.29 is 31.8 Å². The van der Waals surface area contributed by atoms with Gasteiger partial charge in [0.1, 0.15) is 29.7 Å². The molecule has 4 saturated heterocycles. The van der Waals surface area contributed by atoms with Gasteiger partial charge in [-0.05, 0) is 53.0 Å². The van der Waals surface area contributed by atoms with Gasteiger partial charge in [0.05, 0.1) is 23.0 Å². The summed E-state index contributed by atoms with van der Waals surface area (Å²) in [6, 6.07) is -0.182. The summed E-state index contributed by atoms with van der Waals surface area (Å²) >= 11 is 0. The fourth-order valence-corrected chi connectivity index (χ4v) is 6.80. The minimum Gasteiger partial charge on any atom is -0.461 e. The Bertz CT molecular complexity index is 1290. The van der Waals surface area contributed by atoms with Gasteiger partial charge in [-0.15, -0.1) is 0 Å². The van der Waals surface area contributed by atoms with Gasteiger partial charge in [-0.1, -0.05) is 0 Å². The van der Waals surface area contributed by atoms with Crippen molar-refractivity contribution in [2.24, 2.45) is 0 Å². The van der Waals surface area contributed by atoms with Gasteiger partial charge in [-0.3, -0.25) is 9.80 Å². The molecule has 0 aliphatic carbocycles. The van der Waals surface area contributed by atoms with Crippen molar-refractivity contribution in [1.29, 1.82) is 0 Å². The van der Waals surface area contributed by atoms with E-state index in [-0.39, 0.29) is 54.5 Å². The molecule has 0 spiro atoms. The van der Waals surface area contributed by atoms with Crippen molar-refractivity contribution in [2.75, 3.05) is 37.7 Å². The molecule has 0 N–H and O–H groups in total. The third kappa shape index (κ3) is 4.64. The SMILES string of the molecule is CC(C)(C)OC(=O)N1C2CCC1CN(c1nc(OC[C@@]34CCCN3C[C@H](F)C4)nc3c(F)cc(F)c(F)c13)C2. The number of nitrogens with zero attached hydrogens (tertiary/aromatic N) is 5. The Morgan fingerprint density at radius 1 is 1.10 bits per heavy atom. The maximum absolute atomic E-state index is 15.2. The normalized spacial score (nSPS) is 28.8. The number of benzene rings is 1. The first-order valence-corrected chi connectivity index (χ1v) is 13.6. The number of fused-ring (bicyclic) bond motifs is 4. The van der Waals surface area contributed by atoms with E-state index in [0.717, 1.165) is 19.4 Å². The van der Waals surface area contributed by atoms with Crippen LogP contribution >= 0.6 is 0 Å². The van der Waals surface area contributed by atoms with Gasteiger partial charge in [-0.25, -0.2) is 22.4 Å². The number of halogens is 4. The summed E-state index contributed by atoms with van der Waals surface area (Å²) < 4.78 is 70.2. The second-order valence-electron chi connectivity index (χ2n) is 12.2. The van der Waals surface area contributed by atoms with Crippen LogP contribution in [0.3, 0.4) is 0 Å². The van der Waals surface area contributed by atoms with Crippen LogP contribution in [0.1, 0.15) is 52.9 Å². The van der Waals surface area contributed by atoms with Crippen molar-refractivity contribution in [3.05, 3.63) is 23.5 Å². The van der Waals surface area contributed by atoms with Crippen LogP contribution in [-0.2, 0) is 4.74 Å². The van der Waals surface area contributed by atoms with E-state index in [0.29, 0.717) is 31.9 Å². The molecule has 12 heteroatoms. The molecule has 212 valence electrons. The number of carbonyl (C=O) groups is 1. The lowest BCUT2D eigenvalue weighted by Gasteiger charge is -2.42. The van der Waals surface area contributed by atoms with E-state index >= 15 is 4.39 Å². The highest BCUT2D eigenvalue weighted by Crippen LogP contribution is 2.41. The largest absolute Gasteiger partial charge is 0.461 e. The summed E-state index contributed by atoms with van der Waals surface area (Å²) in [5.74, 6) is -3.60. The highest BCUT2D eigenvalue weighted by molar-refractivity contribution is 5.91. The number of alkyl halides is 1. The van der Waals surface area contributed by atoms with Crippen molar-refractivity contribution in [1.82, 2.24) is 19.8 Å². The molecule has 0 saturated carbocycles. The number of ether oxygens (including phenoxy) is 2. The molecule has 2 bridgehead atoms. The van der Waals surface area contributed by atoms with Gasteiger partial charge >= 0.3 is 12.1 Å². The third-order valence-corrected chi connectivity index (χ3v) is 8.40. The Hall–Kier alpha value is -2.89. The molecular formula is C27H33F4N5O3. The summed E-state index contributed by atoms with van der Waals surface area (Å²) in [5.41, 5.74) is -1.52. The van der Waals surface area contributed by atoms with Crippen LogP contribution in [-0.4, -0.2) is 88.0 Å². The minimum absolute atomic E-state index is 0.0159. The van der Waals surface area contributed by atoms with E-state index in [1.54, 1.807) is 30.6 Å². The van der Waals surface area contributed by atoms with Gasteiger partial charge < -0.3 is 14.4 Å². The van der Waals surface area contributed by atoms with Gasteiger partial charge in [0.2, 0.25) is 0 Å². The summed E-state index contributed by atoms with van der Waals surface area (Å²) in [6.07, 6.45) is 2.06. The zero-order chi connectivity index (χ0) is 27.7. The minimum atomic E-state index is -1.34. The second-order valence-corrected chi connectivity index (χ2v) is 12.2. The standard InChI is InChI=1S/C27H33F4N5O3/c1-26(2,3)39-25(37)36-16-5-6-17(36)13-34(12-16)23-20-21(31)18(29)9-19(30)22(20)32-24(33-23)38-14-27-7-4-8-35(27)11-15(28)10-27/h9,15-17H,4-8,10-14H2,1-3H3/t15-,16?,17?,27+/m1/s1. The average Bonchev–Trinajstić information content (AvgIpc) is 3.47. The van der Waals surface area contributed by atoms with Crippen LogP contribution in [0.15, 0.2) is 6.07 Å². The smallest absolute Gasteiger partial charge is 0.410 e. The number of amides is 1. The van der Waals surface area contributed by atoms with E-state index < -0.39 is 40.9 Å². The number of piperazine rings is 1. The van der Waals surface area contributed by atoms with Gasteiger partial charge in [-0.2, -0.15) is 9.97 Å². The topological polar surface area (TPSA) is 71.0 Å². The average molecular weight is 552 g/mol. The van der Waals surface area contributed by atoms with Crippen LogP contribution in [0.5, 0.6) is 6.01 Å². The predicted octanol–water partition coefficient (Wildman–Crippen LogP) is 4.59. The summed E-state index contributed by atoms with van der Waals surface area (Å²) in [7, 11) is 0. The maximum Gasteiger partial charge on any atom is 0.410 e. The van der Waals surface area contributed by atoms with Gasteiger partial charge in [0.15, 0.2) is 17.5 Å². The zero-order valence-electron chi connectivity index (χ0n) is 22.4. The van der Waals surface area contributed by atoms with E-state index in [1.165, 1.54) is 0 Å². The molecule has 0 radical (unpaired) electrons. The van der Waals surface area contributed by atoms with E-state index in [9.17, 15) is 18.0 Å². The van der Waals surface area contributed by atoms with Crippen molar-refractivity contribution in [3.63, 3.8) is 0 Å². The molecule has 6 rings (SSSR count). The molecule has 4 atom stereocenters. The monoisotopic (exact) mass is 551 g/mol. The number of carbonyl (C=O) groups excluding carboxylic acids is 1. The lowest BCUT2D eigenvalue weighted by molar-refractivity contribution is 0.0122. The molecule has 2 unspecified atom stereocenters. The molecule has 4 aliphatic heterocycles. The number of aromatic nitrogens is 2. The highest BCUT2D eigenvalue weighted by atomic mass is 19.2. The molecule has 5 heterocycles. The summed E-state index contributed by atoms with van der Waals surface area (Å²) in [4.78, 5) is 27.0. The fraction of sp³-hybridized carbons (Fsp3) is 0.667. The molecule has 2 aromatic rings. The van der Waals surface area contributed by atoms with Crippen molar-refractivity contribution >= 4 is 22.8 Å². The first kappa shape index (κ1) is 26.3. The molecule has 4 aliphatic rings. The lowest BCUT2D eigenvalue weighted by atomic mass is 9.95. The Labute approximate surface area is 224 Å². The zero-order valence-corrected chi connectivity index (χ0v) is 22.4. The van der Waals surface area contributed by atoms with Crippen LogP contribution in [0, 0.1) is 17.5 Å². The molecule has 1 amide bonds. The first-order chi connectivity index (χ1) is 18.4. The number of hydrogen-bond acceptors (Lipinski definition) is 7. The summed E-state index contributed by atoms with van der Waals surface area (Å²) in [6.45, 7) is 7.18. The second kappa shape index (κ2) is 9.35. The summed E-state index contributed by atoms with van der Waals surface area (Å²) in [5, 5.41) is -0.365. The Morgan fingerprint density at radius 3 is 2.51 bits per heavy atom. The highest BCUT2D eigenvalue weighted by Gasteiger charge is 2.50. The molecule has 4 fully saturated rings. The molecule has 1 aromatic heterocycles. The quantitative estimate of drug-likeness (QED) is 0.407. The number of anilines is 1. The van der Waals surface area contributed by atoms with E-state index in [2.05, 4.69) is 14.9 Å². The Kier molecular flexibility index (Phi) is 6.31. The van der Waals surface area contributed by atoms with Gasteiger partial charge in [0, 0.05) is 32.1 Å². The Balaban J connectivity index is 1.33. The van der Waals surface area contributed by atoms with E-state index in [4.69, 9.17) is 9.47 Å². The molecular weight excluding hydrogens is 518 g/mol. The van der Waals surface area contributed by atoms with Crippen LogP contribution in [0.2, 0.25) is 0 Å². The van der Waals surface area contributed by atoms with Crippen LogP contribution < -0.4 is 9.64 Å². The maximum atomic E-state index is 15.2. The first-order valence-electron chi connectivity index (χ1n) is 13.6. The third-order valence-electron chi connectivity index (χ3n) is 8.40. The molecule has 1 aromatic carbocycles.